The molecule has 1 aromatic heterocycles. The van der Waals surface area contributed by atoms with E-state index >= 15 is 0 Å². The summed E-state index contributed by atoms with van der Waals surface area (Å²) in [7, 11) is 1.64. The lowest BCUT2D eigenvalue weighted by atomic mass is 10.0. The summed E-state index contributed by atoms with van der Waals surface area (Å²) in [5.41, 5.74) is 3.87. The Kier molecular flexibility index (Phi) is 3.35. The summed E-state index contributed by atoms with van der Waals surface area (Å²) in [4.78, 5) is 5.10. The first-order valence-corrected chi connectivity index (χ1v) is 6.41. The third-order valence-electron chi connectivity index (χ3n) is 2.74. The molecule has 0 saturated heterocycles. The first-order valence-electron chi connectivity index (χ1n) is 5.60. The highest BCUT2D eigenvalue weighted by atomic mass is 32.1. The molecule has 0 fully saturated rings. The van der Waals surface area contributed by atoms with E-state index in [1.54, 1.807) is 7.11 Å². The van der Waals surface area contributed by atoms with Crippen LogP contribution in [0.1, 0.15) is 21.0 Å². The van der Waals surface area contributed by atoms with Crippen molar-refractivity contribution in [1.82, 2.24) is 4.98 Å². The third kappa shape index (κ3) is 2.09. The zero-order valence-electron chi connectivity index (χ0n) is 10.9. The van der Waals surface area contributed by atoms with Gasteiger partial charge in [0.2, 0.25) is 0 Å². The third-order valence-corrected chi connectivity index (χ3v) is 3.61. The second-order valence-corrected chi connectivity index (χ2v) is 5.38. The molecular formula is C14H14N2OS. The van der Waals surface area contributed by atoms with Gasteiger partial charge in [-0.15, -0.1) is 11.3 Å². The molecule has 0 bridgehead atoms. The Balaban J connectivity index is 2.74. The van der Waals surface area contributed by atoms with Crippen molar-refractivity contribution >= 4 is 11.3 Å². The van der Waals surface area contributed by atoms with Crippen molar-refractivity contribution in [3.8, 4) is 23.1 Å². The Morgan fingerprint density at radius 1 is 1.28 bits per heavy atom. The lowest BCUT2D eigenvalue weighted by Crippen LogP contribution is -1.94. The van der Waals surface area contributed by atoms with Gasteiger partial charge in [0.1, 0.15) is 22.4 Å². The molecule has 1 heterocycles. The molecule has 0 spiro atoms. The highest BCUT2D eigenvalue weighted by Crippen LogP contribution is 2.37. The van der Waals surface area contributed by atoms with Gasteiger partial charge >= 0.3 is 0 Å². The molecule has 0 radical (unpaired) electrons. The molecule has 0 atom stereocenters. The van der Waals surface area contributed by atoms with Gasteiger partial charge in [-0.2, -0.15) is 5.26 Å². The molecule has 0 N–H and O–H groups in total. The van der Waals surface area contributed by atoms with Gasteiger partial charge in [0, 0.05) is 5.56 Å². The minimum atomic E-state index is 0.637. The summed E-state index contributed by atoms with van der Waals surface area (Å²) >= 11 is 1.41. The van der Waals surface area contributed by atoms with E-state index in [9.17, 15) is 5.26 Å². The summed E-state index contributed by atoms with van der Waals surface area (Å²) in [5.74, 6) is 0.772. The van der Waals surface area contributed by atoms with E-state index in [1.165, 1.54) is 11.3 Å². The average Bonchev–Trinajstić information content (AvgIpc) is 2.68. The van der Waals surface area contributed by atoms with Gasteiger partial charge in [-0.25, -0.2) is 4.98 Å². The van der Waals surface area contributed by atoms with Crippen LogP contribution >= 0.6 is 11.3 Å². The molecule has 18 heavy (non-hydrogen) atoms. The van der Waals surface area contributed by atoms with Crippen molar-refractivity contribution in [3.05, 3.63) is 33.1 Å². The van der Waals surface area contributed by atoms with Crippen LogP contribution in [0.25, 0.3) is 11.3 Å². The van der Waals surface area contributed by atoms with Crippen molar-refractivity contribution in [2.45, 2.75) is 20.8 Å². The number of nitriles is 1. The summed E-state index contributed by atoms with van der Waals surface area (Å²) in [5, 5.41) is 10.1. The first kappa shape index (κ1) is 12.6. The van der Waals surface area contributed by atoms with Crippen molar-refractivity contribution in [1.29, 1.82) is 5.26 Å². The molecule has 2 rings (SSSR count). The van der Waals surface area contributed by atoms with Crippen LogP contribution in [0.5, 0.6) is 5.75 Å². The number of thiazole rings is 1. The minimum absolute atomic E-state index is 0.637. The molecule has 0 aliphatic carbocycles. The van der Waals surface area contributed by atoms with Crippen LogP contribution < -0.4 is 4.74 Å². The Labute approximate surface area is 111 Å². The second kappa shape index (κ2) is 4.79. The molecule has 0 aliphatic rings. The number of ether oxygens (including phenoxy) is 1. The maximum Gasteiger partial charge on any atom is 0.133 e. The number of hydrogen-bond acceptors (Lipinski definition) is 4. The molecular weight excluding hydrogens is 244 g/mol. The van der Waals surface area contributed by atoms with E-state index in [-0.39, 0.29) is 0 Å². The van der Waals surface area contributed by atoms with E-state index in [0.717, 1.165) is 33.1 Å². The Bertz CT molecular complexity index is 638. The van der Waals surface area contributed by atoms with E-state index in [1.807, 2.05) is 26.8 Å². The van der Waals surface area contributed by atoms with Crippen molar-refractivity contribution < 1.29 is 4.74 Å². The van der Waals surface area contributed by atoms with Gasteiger partial charge in [-0.1, -0.05) is 6.07 Å². The zero-order valence-corrected chi connectivity index (χ0v) is 11.7. The van der Waals surface area contributed by atoms with Gasteiger partial charge < -0.3 is 4.74 Å². The zero-order chi connectivity index (χ0) is 13.3. The summed E-state index contributed by atoms with van der Waals surface area (Å²) < 4.78 is 5.43. The molecule has 2 aromatic rings. The smallest absolute Gasteiger partial charge is 0.133 e. The van der Waals surface area contributed by atoms with Crippen LogP contribution in [-0.4, -0.2) is 12.1 Å². The maximum atomic E-state index is 9.18. The predicted octanol–water partition coefficient (Wildman–Crippen LogP) is 3.62. The van der Waals surface area contributed by atoms with Crippen LogP contribution in [0.4, 0.5) is 0 Å². The normalized spacial score (nSPS) is 10.2. The summed E-state index contributed by atoms with van der Waals surface area (Å²) in [6.07, 6.45) is 0. The van der Waals surface area contributed by atoms with Crippen molar-refractivity contribution in [2.75, 3.05) is 7.11 Å². The molecule has 4 heteroatoms. The van der Waals surface area contributed by atoms with Gasteiger partial charge in [-0.3, -0.25) is 0 Å². The van der Waals surface area contributed by atoms with E-state index in [4.69, 9.17) is 4.74 Å². The minimum Gasteiger partial charge on any atom is -0.496 e. The van der Waals surface area contributed by atoms with Crippen LogP contribution in [0.15, 0.2) is 12.1 Å². The van der Waals surface area contributed by atoms with Crippen molar-refractivity contribution in [3.63, 3.8) is 0 Å². The summed E-state index contributed by atoms with van der Waals surface area (Å²) in [6, 6.07) is 6.26. The fraction of sp³-hybridized carbons (Fsp3) is 0.286. The Hall–Kier alpha value is -1.86. The highest BCUT2D eigenvalue weighted by molar-refractivity contribution is 7.12. The summed E-state index contributed by atoms with van der Waals surface area (Å²) in [6.45, 7) is 5.95. The standard InChI is InChI=1S/C14H14N2OS/c1-8-5-9(2)13(11(6-8)17-4)14-12(7-15)18-10(3)16-14/h5-6H,1-4H3. The topological polar surface area (TPSA) is 45.9 Å². The Morgan fingerprint density at radius 3 is 2.61 bits per heavy atom. The highest BCUT2D eigenvalue weighted by Gasteiger charge is 2.17. The Morgan fingerprint density at radius 2 is 2.00 bits per heavy atom. The maximum absolute atomic E-state index is 9.18. The molecule has 3 nitrogen and oxygen atoms in total. The number of aromatic nitrogens is 1. The number of nitrogens with zero attached hydrogens (tertiary/aromatic N) is 2. The van der Waals surface area contributed by atoms with E-state index < -0.39 is 0 Å². The molecule has 0 amide bonds. The SMILES string of the molecule is COc1cc(C)cc(C)c1-c1nc(C)sc1C#N. The van der Waals surface area contributed by atoms with Crippen LogP contribution in [0, 0.1) is 32.1 Å². The number of benzene rings is 1. The second-order valence-electron chi connectivity index (χ2n) is 4.18. The van der Waals surface area contributed by atoms with Crippen LogP contribution in [0.3, 0.4) is 0 Å². The lowest BCUT2D eigenvalue weighted by molar-refractivity contribution is 0.415. The molecule has 0 aliphatic heterocycles. The molecule has 0 saturated carbocycles. The monoisotopic (exact) mass is 258 g/mol. The van der Waals surface area contributed by atoms with Crippen molar-refractivity contribution in [2.24, 2.45) is 0 Å². The average molecular weight is 258 g/mol. The first-order chi connectivity index (χ1) is 8.56. The quantitative estimate of drug-likeness (QED) is 0.826. The number of rotatable bonds is 2. The predicted molar refractivity (Wildman–Crippen MR) is 73.0 cm³/mol. The van der Waals surface area contributed by atoms with Gasteiger partial charge in [0.05, 0.1) is 12.1 Å². The lowest BCUT2D eigenvalue weighted by Gasteiger charge is -2.11. The number of aryl methyl sites for hydroxylation is 3. The fourth-order valence-electron chi connectivity index (χ4n) is 2.07. The van der Waals surface area contributed by atoms with Gasteiger partial charge in [0.25, 0.3) is 0 Å². The van der Waals surface area contributed by atoms with E-state index in [2.05, 4.69) is 17.1 Å². The van der Waals surface area contributed by atoms with E-state index in [0.29, 0.717) is 4.88 Å². The molecule has 1 aromatic carbocycles. The van der Waals surface area contributed by atoms with Gasteiger partial charge in [-0.05, 0) is 38.0 Å². The largest absolute Gasteiger partial charge is 0.496 e. The number of methoxy groups -OCH3 is 1. The fourth-order valence-corrected chi connectivity index (χ4v) is 2.79. The molecule has 92 valence electrons. The number of hydrogen-bond donors (Lipinski definition) is 0. The molecule has 0 unspecified atom stereocenters. The van der Waals surface area contributed by atoms with Gasteiger partial charge in [0.15, 0.2) is 0 Å². The van der Waals surface area contributed by atoms with Crippen LogP contribution in [-0.2, 0) is 0 Å². The van der Waals surface area contributed by atoms with Crippen LogP contribution in [0.2, 0.25) is 0 Å².